The molecule has 2 rings (SSSR count). The van der Waals surface area contributed by atoms with E-state index in [4.69, 9.17) is 4.74 Å². The molecule has 2 aromatic rings. The Morgan fingerprint density at radius 2 is 1.39 bits per heavy atom. The summed E-state index contributed by atoms with van der Waals surface area (Å²) in [6, 6.07) is 8.20. The van der Waals surface area contributed by atoms with Gasteiger partial charge in [-0.15, -0.1) is 0 Å². The second-order valence-electron chi connectivity index (χ2n) is 9.41. The predicted molar refractivity (Wildman–Crippen MR) is 145 cm³/mol. The fourth-order valence-corrected chi connectivity index (χ4v) is 4.51. The van der Waals surface area contributed by atoms with E-state index in [-0.39, 0.29) is 0 Å². The quantitative estimate of drug-likeness (QED) is 0.205. The van der Waals surface area contributed by atoms with E-state index in [9.17, 15) is 0 Å². The highest BCUT2D eigenvalue weighted by atomic mass is 16.5. The molecular formula is C29H49N3O. The van der Waals surface area contributed by atoms with Crippen molar-refractivity contribution >= 4 is 16.6 Å². The third-order valence-electron chi connectivity index (χ3n) is 6.54. The summed E-state index contributed by atoms with van der Waals surface area (Å²) in [7, 11) is 1.73. The molecule has 1 aromatic carbocycles. The summed E-state index contributed by atoms with van der Waals surface area (Å²) >= 11 is 0. The number of unbranched alkanes of at least 4 members (excludes halogenated alkanes) is 10. The second-order valence-corrected chi connectivity index (χ2v) is 9.41. The molecule has 0 aliphatic heterocycles. The summed E-state index contributed by atoms with van der Waals surface area (Å²) in [6.07, 6.45) is 19.5. The van der Waals surface area contributed by atoms with Gasteiger partial charge < -0.3 is 15.0 Å². The van der Waals surface area contributed by atoms with E-state index in [1.165, 1.54) is 96.7 Å². The number of fused-ring (bicyclic) bond motifs is 1. The van der Waals surface area contributed by atoms with Crippen molar-refractivity contribution in [1.82, 2.24) is 9.88 Å². The molecule has 0 fully saturated rings. The van der Waals surface area contributed by atoms with Gasteiger partial charge in [-0.05, 0) is 51.0 Å². The van der Waals surface area contributed by atoms with E-state index in [0.29, 0.717) is 0 Å². The maximum absolute atomic E-state index is 5.49. The molecule has 186 valence electrons. The van der Waals surface area contributed by atoms with E-state index in [2.05, 4.69) is 47.2 Å². The monoisotopic (exact) mass is 455 g/mol. The largest absolute Gasteiger partial charge is 0.497 e. The lowest BCUT2D eigenvalue weighted by atomic mass is 10.1. The Labute approximate surface area is 203 Å². The fourth-order valence-electron chi connectivity index (χ4n) is 4.51. The molecule has 1 aromatic heterocycles. The van der Waals surface area contributed by atoms with Gasteiger partial charge in [0.25, 0.3) is 0 Å². The molecule has 0 aliphatic carbocycles. The molecule has 0 unspecified atom stereocenters. The SMILES string of the molecule is CCCCCCCCN(CCCCCCCC)CCCNc1cc(OC)cc2cccnc12. The zero-order valence-electron chi connectivity index (χ0n) is 21.7. The van der Waals surface area contributed by atoms with Gasteiger partial charge in [0, 0.05) is 24.2 Å². The lowest BCUT2D eigenvalue weighted by molar-refractivity contribution is 0.259. The second kappa shape index (κ2) is 17.6. The first-order valence-electron chi connectivity index (χ1n) is 13.7. The van der Waals surface area contributed by atoms with E-state index < -0.39 is 0 Å². The van der Waals surface area contributed by atoms with Gasteiger partial charge in [0.2, 0.25) is 0 Å². The molecule has 0 bridgehead atoms. The number of methoxy groups -OCH3 is 1. The summed E-state index contributed by atoms with van der Waals surface area (Å²) in [6.45, 7) is 9.23. The maximum Gasteiger partial charge on any atom is 0.121 e. The first-order chi connectivity index (χ1) is 16.3. The van der Waals surface area contributed by atoms with Crippen LogP contribution in [-0.2, 0) is 0 Å². The molecule has 0 radical (unpaired) electrons. The number of anilines is 1. The smallest absolute Gasteiger partial charge is 0.121 e. The van der Waals surface area contributed by atoms with Gasteiger partial charge in [-0.3, -0.25) is 4.98 Å². The zero-order valence-corrected chi connectivity index (χ0v) is 21.7. The topological polar surface area (TPSA) is 37.4 Å². The van der Waals surface area contributed by atoms with Gasteiger partial charge >= 0.3 is 0 Å². The van der Waals surface area contributed by atoms with Crippen molar-refractivity contribution in [2.24, 2.45) is 0 Å². The number of pyridine rings is 1. The van der Waals surface area contributed by atoms with Crippen LogP contribution in [0.1, 0.15) is 97.3 Å². The van der Waals surface area contributed by atoms with Crippen molar-refractivity contribution in [2.45, 2.75) is 97.3 Å². The van der Waals surface area contributed by atoms with E-state index in [1.807, 2.05) is 12.3 Å². The number of hydrogen-bond donors (Lipinski definition) is 1. The van der Waals surface area contributed by atoms with Gasteiger partial charge in [-0.1, -0.05) is 84.1 Å². The average molecular weight is 456 g/mol. The first kappa shape index (κ1) is 27.4. The number of rotatable bonds is 20. The minimum atomic E-state index is 0.880. The van der Waals surface area contributed by atoms with Crippen molar-refractivity contribution < 1.29 is 4.74 Å². The standard InChI is InChI=1S/C29H49N3O/c1-4-6-8-10-12-14-21-32(22-15-13-11-9-7-5-2)23-17-20-30-28-25-27(33-3)24-26-18-16-19-31-29(26)28/h16,18-19,24-25,30H,4-15,17,20-23H2,1-3H3. The van der Waals surface area contributed by atoms with Crippen LogP contribution in [0.25, 0.3) is 10.9 Å². The number of nitrogens with zero attached hydrogens (tertiary/aromatic N) is 2. The number of ether oxygens (including phenoxy) is 1. The normalized spacial score (nSPS) is 11.4. The molecule has 0 saturated heterocycles. The summed E-state index contributed by atoms with van der Waals surface area (Å²) < 4.78 is 5.49. The van der Waals surface area contributed by atoms with Crippen LogP contribution in [0.4, 0.5) is 5.69 Å². The highest BCUT2D eigenvalue weighted by molar-refractivity contribution is 5.91. The Kier molecular flexibility index (Phi) is 14.7. The molecular weight excluding hydrogens is 406 g/mol. The summed E-state index contributed by atoms with van der Waals surface area (Å²) in [5.41, 5.74) is 2.10. The van der Waals surface area contributed by atoms with Crippen LogP contribution < -0.4 is 10.1 Å². The minimum absolute atomic E-state index is 0.880. The minimum Gasteiger partial charge on any atom is -0.497 e. The third kappa shape index (κ3) is 11.2. The molecule has 4 heteroatoms. The van der Waals surface area contributed by atoms with E-state index in [1.54, 1.807) is 7.11 Å². The van der Waals surface area contributed by atoms with Crippen LogP contribution >= 0.6 is 0 Å². The highest BCUT2D eigenvalue weighted by Crippen LogP contribution is 2.27. The number of nitrogens with one attached hydrogen (secondary N) is 1. The number of benzene rings is 1. The highest BCUT2D eigenvalue weighted by Gasteiger charge is 2.08. The van der Waals surface area contributed by atoms with Crippen LogP contribution in [-0.4, -0.2) is 43.2 Å². The lowest BCUT2D eigenvalue weighted by Gasteiger charge is -2.23. The molecule has 1 N–H and O–H groups in total. The predicted octanol–water partition coefficient (Wildman–Crippen LogP) is 8.07. The van der Waals surface area contributed by atoms with Crippen LogP contribution in [0, 0.1) is 0 Å². The first-order valence-corrected chi connectivity index (χ1v) is 13.7. The van der Waals surface area contributed by atoms with Gasteiger partial charge in [-0.2, -0.15) is 0 Å². The molecule has 1 heterocycles. The summed E-state index contributed by atoms with van der Waals surface area (Å²) in [5.74, 6) is 0.880. The summed E-state index contributed by atoms with van der Waals surface area (Å²) in [5, 5.41) is 4.75. The van der Waals surface area contributed by atoms with Crippen molar-refractivity contribution in [1.29, 1.82) is 0 Å². The fraction of sp³-hybridized carbons (Fsp3) is 0.690. The molecule has 0 saturated carbocycles. The van der Waals surface area contributed by atoms with E-state index >= 15 is 0 Å². The molecule has 0 amide bonds. The van der Waals surface area contributed by atoms with Gasteiger partial charge in [-0.25, -0.2) is 0 Å². The van der Waals surface area contributed by atoms with Crippen LogP contribution in [0.2, 0.25) is 0 Å². The molecule has 0 atom stereocenters. The Balaban J connectivity index is 1.78. The molecule has 4 nitrogen and oxygen atoms in total. The van der Waals surface area contributed by atoms with E-state index in [0.717, 1.165) is 35.3 Å². The van der Waals surface area contributed by atoms with Gasteiger partial charge in [0.05, 0.1) is 18.3 Å². The maximum atomic E-state index is 5.49. The van der Waals surface area contributed by atoms with Crippen molar-refractivity contribution in [3.8, 4) is 5.75 Å². The lowest BCUT2D eigenvalue weighted by Crippen LogP contribution is -2.28. The number of aromatic nitrogens is 1. The summed E-state index contributed by atoms with van der Waals surface area (Å²) in [4.78, 5) is 7.30. The van der Waals surface area contributed by atoms with Gasteiger partial charge in [0.15, 0.2) is 0 Å². The van der Waals surface area contributed by atoms with Crippen LogP contribution in [0.3, 0.4) is 0 Å². The Morgan fingerprint density at radius 3 is 2.03 bits per heavy atom. The van der Waals surface area contributed by atoms with Crippen molar-refractivity contribution in [3.05, 3.63) is 30.5 Å². The number of hydrogen-bond acceptors (Lipinski definition) is 4. The Morgan fingerprint density at radius 1 is 0.788 bits per heavy atom. The molecule has 0 spiro atoms. The molecule has 33 heavy (non-hydrogen) atoms. The van der Waals surface area contributed by atoms with Crippen molar-refractivity contribution in [2.75, 3.05) is 38.6 Å². The van der Waals surface area contributed by atoms with Crippen LogP contribution in [0.15, 0.2) is 30.5 Å². The zero-order chi connectivity index (χ0) is 23.6. The van der Waals surface area contributed by atoms with Crippen LogP contribution in [0.5, 0.6) is 5.75 Å². The van der Waals surface area contributed by atoms with Crippen molar-refractivity contribution in [3.63, 3.8) is 0 Å². The van der Waals surface area contributed by atoms with Gasteiger partial charge in [0.1, 0.15) is 5.75 Å². The molecule has 0 aliphatic rings. The Hall–Kier alpha value is -1.81. The average Bonchev–Trinajstić information content (AvgIpc) is 2.85. The third-order valence-corrected chi connectivity index (χ3v) is 6.54. The Bertz CT molecular complexity index is 733.